The lowest BCUT2D eigenvalue weighted by Gasteiger charge is -2.17. The number of aromatic amines is 1. The van der Waals surface area contributed by atoms with E-state index in [2.05, 4.69) is 16.9 Å². The van der Waals surface area contributed by atoms with Crippen molar-refractivity contribution < 1.29 is 0 Å². The van der Waals surface area contributed by atoms with Crippen molar-refractivity contribution in [2.45, 2.75) is 64.4 Å². The Morgan fingerprint density at radius 2 is 1.94 bits per heavy atom. The van der Waals surface area contributed by atoms with Crippen LogP contribution in [0, 0.1) is 19.8 Å². The van der Waals surface area contributed by atoms with Crippen LogP contribution < -0.4 is 11.1 Å². The Kier molecular flexibility index (Phi) is 5.30. The third-order valence-corrected chi connectivity index (χ3v) is 9.36. The van der Waals surface area contributed by atoms with Crippen molar-refractivity contribution in [3.63, 3.8) is 0 Å². The number of aryl methyl sites for hydroxylation is 3. The Hall–Kier alpha value is -1.97. The molecule has 162 valence electrons. The highest BCUT2D eigenvalue weighted by atomic mass is 32.2. The van der Waals surface area contributed by atoms with Gasteiger partial charge < -0.3 is 4.98 Å². The van der Waals surface area contributed by atoms with Crippen LogP contribution in [0.5, 0.6) is 0 Å². The summed E-state index contributed by atoms with van der Waals surface area (Å²) in [6.45, 7) is 8.78. The van der Waals surface area contributed by atoms with Crippen LogP contribution in [-0.2, 0) is 25.1 Å². The molecule has 1 aliphatic carbocycles. The largest absolute Gasteiger partial charge is 0.309 e. The maximum Gasteiger partial charge on any atom is 0.263 e. The van der Waals surface area contributed by atoms with E-state index in [1.165, 1.54) is 22.2 Å². The fraction of sp³-hybridized carbons (Fsp3) is 0.455. The van der Waals surface area contributed by atoms with E-state index in [1.807, 2.05) is 20.8 Å². The molecule has 31 heavy (non-hydrogen) atoms. The van der Waals surface area contributed by atoms with Gasteiger partial charge in [0.05, 0.1) is 16.5 Å². The highest BCUT2D eigenvalue weighted by molar-refractivity contribution is 7.98. The predicted octanol–water partition coefficient (Wildman–Crippen LogP) is 4.81. The second-order valence-corrected chi connectivity index (χ2v) is 11.5. The van der Waals surface area contributed by atoms with Gasteiger partial charge in [-0.1, -0.05) is 18.7 Å². The molecule has 0 saturated heterocycles. The van der Waals surface area contributed by atoms with Gasteiger partial charge in [-0.15, -0.1) is 22.7 Å². The standard InChI is InChI=1S/C22H24N4O2S3/c1-5-26-21(28)17-13-7-6-10(2)8-14(13)31-20(17)25-22(26)29-9-15-23-18(27)16-11(3)12(4)30-19(16)24-15/h10H,5-9H2,1-4H3,(H,23,24,27). The van der Waals surface area contributed by atoms with Gasteiger partial charge in [0.2, 0.25) is 0 Å². The molecule has 4 heterocycles. The maximum atomic E-state index is 13.3. The molecule has 0 aliphatic heterocycles. The minimum absolute atomic E-state index is 0.0588. The van der Waals surface area contributed by atoms with Gasteiger partial charge in [-0.25, -0.2) is 9.97 Å². The first-order valence-electron chi connectivity index (χ1n) is 10.5. The lowest BCUT2D eigenvalue weighted by atomic mass is 9.89. The second kappa shape index (κ2) is 7.86. The SMILES string of the molecule is CCn1c(SCc2nc3sc(C)c(C)c3c(=O)[nH]2)nc2sc3c(c2c1=O)CCC(C)C3. The van der Waals surface area contributed by atoms with E-state index >= 15 is 0 Å². The van der Waals surface area contributed by atoms with Crippen LogP contribution >= 0.6 is 34.4 Å². The smallest absolute Gasteiger partial charge is 0.263 e. The Morgan fingerprint density at radius 1 is 1.16 bits per heavy atom. The van der Waals surface area contributed by atoms with Gasteiger partial charge in [-0.2, -0.15) is 0 Å². The summed E-state index contributed by atoms with van der Waals surface area (Å²) in [4.78, 5) is 42.4. The molecule has 1 N–H and O–H groups in total. The van der Waals surface area contributed by atoms with Crippen molar-refractivity contribution in [1.29, 1.82) is 0 Å². The summed E-state index contributed by atoms with van der Waals surface area (Å²) >= 11 is 4.68. The number of hydrogen-bond donors (Lipinski definition) is 1. The fourth-order valence-corrected chi connectivity index (χ4v) is 7.70. The molecule has 6 nitrogen and oxygen atoms in total. The molecule has 0 aromatic carbocycles. The number of fused-ring (bicyclic) bond motifs is 4. The topological polar surface area (TPSA) is 80.6 Å². The van der Waals surface area contributed by atoms with E-state index in [4.69, 9.17) is 4.98 Å². The number of thioether (sulfide) groups is 1. The van der Waals surface area contributed by atoms with Gasteiger partial charge in [0.15, 0.2) is 5.16 Å². The summed E-state index contributed by atoms with van der Waals surface area (Å²) in [5.41, 5.74) is 2.17. The molecule has 0 saturated carbocycles. The van der Waals surface area contributed by atoms with E-state index in [0.717, 1.165) is 44.8 Å². The van der Waals surface area contributed by atoms with Crippen molar-refractivity contribution in [3.8, 4) is 0 Å². The molecule has 0 bridgehead atoms. The average Bonchev–Trinajstić information content (AvgIpc) is 3.22. The number of nitrogens with zero attached hydrogens (tertiary/aromatic N) is 3. The van der Waals surface area contributed by atoms with Crippen LogP contribution in [-0.4, -0.2) is 19.5 Å². The van der Waals surface area contributed by atoms with E-state index < -0.39 is 0 Å². The van der Waals surface area contributed by atoms with Crippen LogP contribution in [0.2, 0.25) is 0 Å². The van der Waals surface area contributed by atoms with Gasteiger partial charge in [-0.3, -0.25) is 14.2 Å². The molecule has 0 radical (unpaired) electrons. The second-order valence-electron chi connectivity index (χ2n) is 8.24. The van der Waals surface area contributed by atoms with E-state index in [0.29, 0.717) is 34.6 Å². The molecule has 0 amide bonds. The summed E-state index contributed by atoms with van der Waals surface area (Å²) in [5, 5.41) is 2.18. The highest BCUT2D eigenvalue weighted by Gasteiger charge is 2.24. The molecule has 4 aromatic heterocycles. The third kappa shape index (κ3) is 3.47. The van der Waals surface area contributed by atoms with E-state index in [9.17, 15) is 9.59 Å². The molecule has 4 aromatic rings. The van der Waals surface area contributed by atoms with Gasteiger partial charge in [-0.05, 0) is 57.1 Å². The molecule has 1 atom stereocenters. The summed E-state index contributed by atoms with van der Waals surface area (Å²) < 4.78 is 1.76. The molecule has 0 spiro atoms. The predicted molar refractivity (Wildman–Crippen MR) is 130 cm³/mol. The number of thiophene rings is 2. The zero-order valence-electron chi connectivity index (χ0n) is 18.0. The number of rotatable bonds is 4. The van der Waals surface area contributed by atoms with Crippen molar-refractivity contribution in [1.82, 2.24) is 19.5 Å². The molecule has 5 rings (SSSR count). The van der Waals surface area contributed by atoms with Gasteiger partial charge >= 0.3 is 0 Å². The van der Waals surface area contributed by atoms with Crippen molar-refractivity contribution in [2.24, 2.45) is 5.92 Å². The van der Waals surface area contributed by atoms with Gasteiger partial charge in [0, 0.05) is 16.3 Å². The normalized spacial score (nSPS) is 16.3. The number of nitrogens with one attached hydrogen (secondary N) is 1. The molecule has 9 heteroatoms. The molecular weight excluding hydrogens is 448 g/mol. The Morgan fingerprint density at radius 3 is 2.71 bits per heavy atom. The summed E-state index contributed by atoms with van der Waals surface area (Å²) in [6.07, 6.45) is 3.13. The monoisotopic (exact) mass is 472 g/mol. The van der Waals surface area contributed by atoms with Crippen molar-refractivity contribution in [2.75, 3.05) is 0 Å². The van der Waals surface area contributed by atoms with Gasteiger partial charge in [0.1, 0.15) is 15.5 Å². The zero-order chi connectivity index (χ0) is 21.9. The first-order valence-corrected chi connectivity index (χ1v) is 13.2. The molecule has 1 unspecified atom stereocenters. The quantitative estimate of drug-likeness (QED) is 0.341. The maximum absolute atomic E-state index is 13.3. The Bertz CT molecular complexity index is 1440. The number of aromatic nitrogens is 4. The zero-order valence-corrected chi connectivity index (χ0v) is 20.4. The molecular formula is C22H24N4O2S3. The Balaban J connectivity index is 1.53. The van der Waals surface area contributed by atoms with Crippen LogP contribution in [0.15, 0.2) is 14.7 Å². The number of H-pyrrole nitrogens is 1. The van der Waals surface area contributed by atoms with Crippen LogP contribution in [0.25, 0.3) is 20.4 Å². The lowest BCUT2D eigenvalue weighted by molar-refractivity contribution is 0.509. The highest BCUT2D eigenvalue weighted by Crippen LogP contribution is 2.36. The first kappa shape index (κ1) is 20.9. The average molecular weight is 473 g/mol. The van der Waals surface area contributed by atoms with E-state index in [-0.39, 0.29) is 11.1 Å². The summed E-state index contributed by atoms with van der Waals surface area (Å²) in [6, 6.07) is 0. The van der Waals surface area contributed by atoms with Crippen molar-refractivity contribution in [3.05, 3.63) is 47.4 Å². The summed E-state index contributed by atoms with van der Waals surface area (Å²) in [5.74, 6) is 1.73. The van der Waals surface area contributed by atoms with Crippen molar-refractivity contribution >= 4 is 54.9 Å². The van der Waals surface area contributed by atoms with Crippen LogP contribution in [0.4, 0.5) is 0 Å². The van der Waals surface area contributed by atoms with Gasteiger partial charge in [0.25, 0.3) is 11.1 Å². The van der Waals surface area contributed by atoms with E-state index in [1.54, 1.807) is 27.2 Å². The first-order chi connectivity index (χ1) is 14.9. The van der Waals surface area contributed by atoms with Crippen LogP contribution in [0.1, 0.15) is 47.0 Å². The molecule has 0 fully saturated rings. The minimum Gasteiger partial charge on any atom is -0.309 e. The number of hydrogen-bond acceptors (Lipinski definition) is 7. The lowest BCUT2D eigenvalue weighted by Crippen LogP contribution is -2.23. The minimum atomic E-state index is -0.0983. The Labute approximate surface area is 191 Å². The van der Waals surface area contributed by atoms with Crippen LogP contribution in [0.3, 0.4) is 0 Å². The molecule has 1 aliphatic rings. The third-order valence-electron chi connectivity index (χ3n) is 6.12. The fourth-order valence-electron chi connectivity index (χ4n) is 4.29. The summed E-state index contributed by atoms with van der Waals surface area (Å²) in [7, 11) is 0.